The van der Waals surface area contributed by atoms with Crippen molar-refractivity contribution < 1.29 is 26.6 Å². The van der Waals surface area contributed by atoms with Gasteiger partial charge in [0.15, 0.2) is 0 Å². The fourth-order valence-corrected chi connectivity index (χ4v) is 17.7. The molecule has 0 bridgehead atoms. The van der Waals surface area contributed by atoms with Gasteiger partial charge in [0.2, 0.25) is 0 Å². The van der Waals surface area contributed by atoms with Crippen LogP contribution in [0.25, 0.3) is 0 Å². The number of rotatable bonds is 43. The van der Waals surface area contributed by atoms with Gasteiger partial charge in [-0.3, -0.25) is 0 Å². The molecule has 0 aliphatic heterocycles. The van der Waals surface area contributed by atoms with Crippen LogP contribution < -0.4 is 0 Å². The average Bonchev–Trinajstić information content (AvgIpc) is 3.38. The molecule has 8 heteroatoms. The highest BCUT2D eigenvalue weighted by molar-refractivity contribution is 6.69. The van der Waals surface area contributed by atoms with E-state index >= 15 is 0 Å². The van der Waals surface area contributed by atoms with Crippen LogP contribution >= 0.6 is 0 Å². The van der Waals surface area contributed by atoms with Crippen LogP contribution in [0.15, 0.2) is 172 Å². The number of hydrogen-bond acceptors (Lipinski definition) is 6. The molecule has 0 aromatic heterocycles. The summed E-state index contributed by atoms with van der Waals surface area (Å²) >= 11 is 0. The molecule has 0 heterocycles. The molecule has 0 spiro atoms. The number of hydrogen-bond donors (Lipinski definition) is 0. The van der Waals surface area contributed by atoms with E-state index < -0.39 is 17.6 Å². The van der Waals surface area contributed by atoms with Crippen LogP contribution in [0.3, 0.4) is 0 Å². The summed E-state index contributed by atoms with van der Waals surface area (Å²) in [7, 11) is -7.49. The molecule has 2 aromatic carbocycles. The summed E-state index contributed by atoms with van der Waals surface area (Å²) in [5.74, 6) is 0.797. The maximum atomic E-state index is 7.66. The predicted molar refractivity (Wildman–Crippen MR) is 310 cm³/mol. The van der Waals surface area contributed by atoms with Gasteiger partial charge < -0.3 is 26.6 Å². The first-order chi connectivity index (χ1) is 34.5. The van der Waals surface area contributed by atoms with E-state index in [1.165, 1.54) is 11.1 Å². The lowest BCUT2D eigenvalue weighted by molar-refractivity contribution is 0.0268. The van der Waals surface area contributed by atoms with Crippen molar-refractivity contribution in [2.45, 2.75) is 149 Å². The number of benzene rings is 2. The minimum Gasteiger partial charge on any atom is -0.374 e. The number of unbranched alkanes of at least 4 members (excludes halogenated alkanes) is 1. The fraction of sp³-hybridized carbons (Fsp3) is 0.524. The molecule has 0 saturated heterocycles. The zero-order chi connectivity index (χ0) is 52.2. The van der Waals surface area contributed by atoms with E-state index in [1.54, 1.807) is 6.08 Å². The monoisotopic (exact) mass is 1010 g/mol. The summed E-state index contributed by atoms with van der Waals surface area (Å²) in [4.78, 5) is 0. The van der Waals surface area contributed by atoms with E-state index in [0.29, 0.717) is 52.5 Å². The summed E-state index contributed by atoms with van der Waals surface area (Å²) in [5, 5.41) is 0. The largest absolute Gasteiger partial charge is 0.504 e. The normalized spacial score (nSPS) is 15.9. The second kappa shape index (κ2) is 38.0. The Kier molecular flexibility index (Phi) is 33.9. The van der Waals surface area contributed by atoms with Crippen molar-refractivity contribution in [2.75, 3.05) is 39.6 Å². The zero-order valence-corrected chi connectivity index (χ0v) is 47.8. The van der Waals surface area contributed by atoms with Gasteiger partial charge in [0, 0.05) is 56.6 Å². The van der Waals surface area contributed by atoms with E-state index in [0.717, 1.165) is 63.4 Å². The van der Waals surface area contributed by atoms with E-state index in [1.807, 2.05) is 18.2 Å². The first-order valence-electron chi connectivity index (χ1n) is 27.3. The lowest BCUT2D eigenvalue weighted by Crippen LogP contribution is -2.60. The van der Waals surface area contributed by atoms with Crippen molar-refractivity contribution >= 4 is 17.6 Å². The van der Waals surface area contributed by atoms with Crippen LogP contribution in [0.1, 0.15) is 149 Å². The third-order valence-electron chi connectivity index (χ3n) is 13.4. The molecule has 0 saturated carbocycles. The molecule has 0 fully saturated rings. The van der Waals surface area contributed by atoms with E-state index in [9.17, 15) is 0 Å². The third-order valence-corrected chi connectivity index (χ3v) is 20.9. The molecule has 8 unspecified atom stereocenters. The lowest BCUT2D eigenvalue weighted by Gasteiger charge is -2.47. The van der Waals surface area contributed by atoms with Gasteiger partial charge in [-0.2, -0.15) is 0 Å². The Bertz CT molecular complexity index is 1830. The Hall–Kier alpha value is -3.71. The van der Waals surface area contributed by atoms with Crippen LogP contribution in [0.2, 0.25) is 11.1 Å². The van der Waals surface area contributed by atoms with Gasteiger partial charge in [0.25, 0.3) is 0 Å². The third kappa shape index (κ3) is 22.5. The Morgan fingerprint density at radius 1 is 0.507 bits per heavy atom. The Labute approximate surface area is 437 Å². The molecule has 6 nitrogen and oxygen atoms in total. The highest BCUT2D eigenvalue weighted by Gasteiger charge is 2.63. The van der Waals surface area contributed by atoms with Gasteiger partial charge >= 0.3 is 17.6 Å². The Balaban J connectivity index is 3.21. The molecule has 2 aromatic rings. The van der Waals surface area contributed by atoms with Crippen LogP contribution in [-0.2, 0) is 26.6 Å². The second-order valence-electron chi connectivity index (χ2n) is 18.6. The standard InChI is InChI=1S/C63H98O6Si2/c1-14-25-28-29-30-31-35-42-56(19-6)49-59(57-43-36-32-37-44-57)50-62(70(64-20-7,65-21-8)66-22-9)63(51-60(58-45-38-33-39-46-58)48-55(18-5)41-34-26-15-2)71(67-23-10,68-24-11)69-52-61(47-53(12)17-4)54(13)40-27-16-3/h16-19,25-28,31-40,43-46,53,55-56,59-63H,3-6,13-15,20-24,29-30,41-42,47-52H2,1-2,7-12H3/b28-25-,34-26+,35-31+,40-27-. The van der Waals surface area contributed by atoms with Crippen LogP contribution in [-0.4, -0.2) is 57.3 Å². The first kappa shape index (κ1) is 63.4. The van der Waals surface area contributed by atoms with Gasteiger partial charge in [-0.25, -0.2) is 0 Å². The summed E-state index contributed by atoms with van der Waals surface area (Å²) in [6.07, 6.45) is 35.8. The SMILES string of the molecule is C=C/C=C\C(=C)C(CO[Si](OCC)(OCC)C(CC(CC(C=C)C/C=C/CC)c1ccccc1)C(CC(CC(C=C)C/C=C/CC/C=C\CC)c1ccccc1)[Si](OCC)(OCC)OCC)CC(C)C=C. The molecule has 0 radical (unpaired) electrons. The lowest BCUT2D eigenvalue weighted by atomic mass is 9.81. The minimum atomic E-state index is -3.82. The molecule has 8 atom stereocenters. The van der Waals surface area contributed by atoms with E-state index in [2.05, 4.69) is 198 Å². The van der Waals surface area contributed by atoms with E-state index in [4.69, 9.17) is 26.6 Å². The summed E-state index contributed by atoms with van der Waals surface area (Å²) < 4.78 is 43.8. The van der Waals surface area contributed by atoms with Crippen molar-refractivity contribution in [3.63, 3.8) is 0 Å². The zero-order valence-electron chi connectivity index (χ0n) is 45.8. The van der Waals surface area contributed by atoms with E-state index in [-0.39, 0.29) is 46.6 Å². The Morgan fingerprint density at radius 2 is 0.915 bits per heavy atom. The van der Waals surface area contributed by atoms with Crippen molar-refractivity contribution in [1.29, 1.82) is 0 Å². The maximum absolute atomic E-state index is 7.66. The predicted octanol–water partition coefficient (Wildman–Crippen LogP) is 17.7. The molecular weight excluding hydrogens is 909 g/mol. The Morgan fingerprint density at radius 3 is 1.31 bits per heavy atom. The van der Waals surface area contributed by atoms with Crippen LogP contribution in [0.4, 0.5) is 0 Å². The van der Waals surface area contributed by atoms with Gasteiger partial charge in [-0.15, -0.1) is 19.7 Å². The van der Waals surface area contributed by atoms with Crippen molar-refractivity contribution in [3.8, 4) is 0 Å². The first-order valence-corrected chi connectivity index (χ1v) is 30.9. The molecule has 0 N–H and O–H groups in total. The molecule has 71 heavy (non-hydrogen) atoms. The number of allylic oxidation sites excluding steroid dienone is 12. The maximum Gasteiger partial charge on any atom is 0.504 e. The molecule has 394 valence electrons. The van der Waals surface area contributed by atoms with Crippen LogP contribution in [0.5, 0.6) is 0 Å². The highest BCUT2D eigenvalue weighted by atomic mass is 28.4. The summed E-state index contributed by atoms with van der Waals surface area (Å²) in [6, 6.07) is 22.0. The second-order valence-corrected chi connectivity index (χ2v) is 24.3. The van der Waals surface area contributed by atoms with Gasteiger partial charge in [0.1, 0.15) is 0 Å². The average molecular weight is 1010 g/mol. The summed E-state index contributed by atoms with van der Waals surface area (Å²) in [6.45, 7) is 40.8. The topological polar surface area (TPSA) is 55.4 Å². The highest BCUT2D eigenvalue weighted by Crippen LogP contribution is 2.54. The summed E-state index contributed by atoms with van der Waals surface area (Å²) in [5.41, 5.74) is 2.87. The molecule has 2 rings (SSSR count). The van der Waals surface area contributed by atoms with Crippen molar-refractivity contribution in [2.24, 2.45) is 23.7 Å². The van der Waals surface area contributed by atoms with Gasteiger partial charge in [-0.1, -0.05) is 168 Å². The molecular formula is C63H98O6Si2. The van der Waals surface area contributed by atoms with Gasteiger partial charge in [0.05, 0.1) is 0 Å². The van der Waals surface area contributed by atoms with Gasteiger partial charge in [-0.05, 0) is 152 Å². The quantitative estimate of drug-likeness (QED) is 0.0286. The van der Waals surface area contributed by atoms with Crippen molar-refractivity contribution in [1.82, 2.24) is 0 Å². The molecule has 0 amide bonds. The van der Waals surface area contributed by atoms with Crippen molar-refractivity contribution in [3.05, 3.63) is 183 Å². The molecule has 0 aliphatic carbocycles. The van der Waals surface area contributed by atoms with Crippen LogP contribution in [0, 0.1) is 23.7 Å². The molecule has 0 aliphatic rings. The minimum absolute atomic E-state index is 0.0414. The fourth-order valence-electron chi connectivity index (χ4n) is 9.84. The smallest absolute Gasteiger partial charge is 0.374 e.